The summed E-state index contributed by atoms with van der Waals surface area (Å²) in [7, 11) is 1.69. The standard InChI is InChI=1S/C88H109N9O2/c1-25-49(10)38-69-84-60(32-30-47(6)7)39-61(90-84)40-71-52(13)63(27-3)76(91-71)42-73-54(15)66(79(93-73)45-74-57(18)80(48(8)9)86(69)94-74)34-35-68-82-55(16)65(29-5)78(96-82)43-72-53(14)64(28-4)77(92-72)44-75-58(19)81(59(20)89-37-36-50(11)46-88(21,22)23)87(95-75)70(41-62(98)26-2)85-67(33-31-51(12)99-24)56(17)83(68)97-85/h27,29,40,42-45,56,60,67,89,91,94-96H,3,5-6,8,10-12,20,25-26,28,30-39,41,46H2,1-2,4,7,9,13-19,21-24H3/t56-,60?,67?/m0/s1. The van der Waals surface area contributed by atoms with E-state index < -0.39 is 0 Å². The number of hydrogen-bond donors (Lipinski definition) is 5. The smallest absolute Gasteiger partial charge is 0.137 e. The van der Waals surface area contributed by atoms with E-state index in [1.807, 2.05) is 19.1 Å². The van der Waals surface area contributed by atoms with Gasteiger partial charge in [-0.15, -0.1) is 6.58 Å². The highest BCUT2D eigenvalue weighted by Crippen LogP contribution is 2.48. The molecule has 4 aliphatic heterocycles. The molecule has 3 atom stereocenters. The highest BCUT2D eigenvalue weighted by molar-refractivity contribution is 5.98. The van der Waals surface area contributed by atoms with Crippen LogP contribution in [0.1, 0.15) is 265 Å². The number of rotatable bonds is 26. The normalized spacial score (nSPS) is 15.4. The quantitative estimate of drug-likeness (QED) is 0.0268. The summed E-state index contributed by atoms with van der Waals surface area (Å²) < 4.78 is 5.84. The Hall–Kier alpha value is -9.09. The predicted octanol–water partition coefficient (Wildman–Crippen LogP) is 22.9. The first-order chi connectivity index (χ1) is 47.0. The fraction of sp³-hybridized carbons (Fsp3) is 0.398. The van der Waals surface area contributed by atoms with Gasteiger partial charge in [-0.25, -0.2) is 9.97 Å². The fourth-order valence-electron chi connectivity index (χ4n) is 15.8. The van der Waals surface area contributed by atoms with Crippen LogP contribution in [0.25, 0.3) is 89.8 Å². The minimum absolute atomic E-state index is 0.117. The van der Waals surface area contributed by atoms with Crippen LogP contribution in [-0.2, 0) is 35.2 Å². The fourth-order valence-corrected chi connectivity index (χ4v) is 15.8. The Labute approximate surface area is 589 Å². The number of ketones is 1. The molecule has 2 unspecified atom stereocenters. The lowest BCUT2D eigenvalue weighted by atomic mass is 9.82. The highest BCUT2D eigenvalue weighted by Gasteiger charge is 2.36. The van der Waals surface area contributed by atoms with Gasteiger partial charge in [0.1, 0.15) is 5.78 Å². The van der Waals surface area contributed by atoms with Crippen molar-refractivity contribution in [3.8, 4) is 0 Å². The molecule has 0 aliphatic carbocycles. The zero-order chi connectivity index (χ0) is 71.8. The van der Waals surface area contributed by atoms with Crippen molar-refractivity contribution in [1.82, 2.24) is 45.2 Å². The number of nitrogens with zero attached hydrogens (tertiary/aromatic N) is 4. The Balaban J connectivity index is 1.30. The summed E-state index contributed by atoms with van der Waals surface area (Å²) in [6.07, 6.45) is 13.6. The number of allylic oxidation sites excluding steroid dienone is 8. The van der Waals surface area contributed by atoms with Gasteiger partial charge in [0.15, 0.2) is 0 Å². The van der Waals surface area contributed by atoms with Crippen LogP contribution in [-0.4, -0.2) is 59.3 Å². The average molecular weight is 1320 g/mol. The lowest BCUT2D eigenvalue weighted by Crippen LogP contribution is -2.16. The second-order valence-corrected chi connectivity index (χ2v) is 29.9. The molecule has 5 N–H and O–H groups in total. The maximum absolute atomic E-state index is 14.6. The third kappa shape index (κ3) is 14.8. The van der Waals surface area contributed by atoms with E-state index in [0.717, 1.165) is 235 Å². The molecule has 10 rings (SSSR count). The average Bonchev–Trinajstić information content (AvgIpc) is 1.60. The SMILES string of the molecule is C=Cc1c(C)c2cc3nc(c(CC(=C)CC)c4[nH]c(cc5nc(cc1[nH]2)C(C)=C5CCc1c2nc(c(CC(=O)CC)c5[nH]c(cc6nc(cc7[nH]c1c(C)c7C=C)C(C)=C6CC)c(C)c5C(=C)NCCC(=C)CC(C)(C)C)C(CCC(=C)OC)[C@@H]2C)c(C)c4C(=C)C)C(CCC(=C)C)C3. The van der Waals surface area contributed by atoms with Gasteiger partial charge in [-0.3, -0.25) is 14.8 Å². The van der Waals surface area contributed by atoms with Gasteiger partial charge in [-0.2, -0.15) is 0 Å². The molecule has 0 spiro atoms. The van der Waals surface area contributed by atoms with E-state index in [0.29, 0.717) is 50.8 Å². The molecule has 0 fully saturated rings. The Bertz CT molecular complexity index is 4810. The maximum atomic E-state index is 14.6. The van der Waals surface area contributed by atoms with Gasteiger partial charge in [0.25, 0.3) is 0 Å². The van der Waals surface area contributed by atoms with Crippen LogP contribution in [0.2, 0.25) is 0 Å². The van der Waals surface area contributed by atoms with Crippen molar-refractivity contribution in [2.45, 2.75) is 212 Å². The number of aromatic nitrogens is 8. The number of aromatic amines is 4. The molecular weight excluding hydrogens is 1220 g/mol. The minimum Gasteiger partial charge on any atom is -0.502 e. The Kier molecular flexibility index (Phi) is 21.8. The number of carbonyl (C=O) groups is 1. The third-order valence-electron chi connectivity index (χ3n) is 21.4. The molecule has 0 radical (unpaired) electrons. The summed E-state index contributed by atoms with van der Waals surface area (Å²) in [6, 6.07) is 11.1. The Morgan fingerprint density at radius 3 is 1.78 bits per heavy atom. The van der Waals surface area contributed by atoms with E-state index >= 15 is 0 Å². The van der Waals surface area contributed by atoms with Crippen LogP contribution >= 0.6 is 0 Å². The minimum atomic E-state index is -0.143. The summed E-state index contributed by atoms with van der Waals surface area (Å²) in [5, 5.41) is 3.76. The second-order valence-electron chi connectivity index (χ2n) is 29.9. The van der Waals surface area contributed by atoms with Crippen molar-refractivity contribution < 1.29 is 9.53 Å². The topological polar surface area (TPSA) is 153 Å². The van der Waals surface area contributed by atoms with Gasteiger partial charge in [0, 0.05) is 133 Å². The number of ether oxygens (including phenoxy) is 1. The Morgan fingerprint density at radius 2 is 1.18 bits per heavy atom. The van der Waals surface area contributed by atoms with E-state index in [1.54, 1.807) is 7.11 Å². The number of hydrogen-bond acceptors (Lipinski definition) is 7. The van der Waals surface area contributed by atoms with Gasteiger partial charge in [-0.05, 0) is 217 Å². The molecule has 6 aromatic heterocycles. The zero-order valence-electron chi connectivity index (χ0n) is 62.6. The molecule has 10 heterocycles. The third-order valence-corrected chi connectivity index (χ3v) is 21.4. The van der Waals surface area contributed by atoms with Gasteiger partial charge in [-0.1, -0.05) is 123 Å². The molecule has 6 aromatic rings. The number of methoxy groups -OCH3 is 1. The lowest BCUT2D eigenvalue weighted by molar-refractivity contribution is -0.118. The molecule has 0 aromatic carbocycles. The van der Waals surface area contributed by atoms with Crippen molar-refractivity contribution in [3.05, 3.63) is 212 Å². The molecule has 11 nitrogen and oxygen atoms in total. The first kappa shape index (κ1) is 72.6. The molecule has 16 bridgehead atoms. The van der Waals surface area contributed by atoms with E-state index in [4.69, 9.17) is 31.3 Å². The molecule has 11 heteroatoms. The number of nitrogens with one attached hydrogen (secondary N) is 5. The van der Waals surface area contributed by atoms with Crippen LogP contribution in [0.15, 0.2) is 105 Å². The lowest BCUT2D eigenvalue weighted by Gasteiger charge is -2.21. The maximum Gasteiger partial charge on any atom is 0.137 e. The molecular formula is C88H109N9O2. The van der Waals surface area contributed by atoms with E-state index in [2.05, 4.69) is 199 Å². The van der Waals surface area contributed by atoms with Gasteiger partial charge < -0.3 is 30.0 Å². The predicted molar refractivity (Wildman–Crippen MR) is 423 cm³/mol. The van der Waals surface area contributed by atoms with Gasteiger partial charge in [0.05, 0.1) is 52.4 Å². The largest absolute Gasteiger partial charge is 0.502 e. The first-order valence-corrected chi connectivity index (χ1v) is 36.0. The first-order valence-electron chi connectivity index (χ1n) is 36.0. The van der Waals surface area contributed by atoms with E-state index in [9.17, 15) is 4.79 Å². The van der Waals surface area contributed by atoms with Crippen molar-refractivity contribution in [3.63, 3.8) is 0 Å². The molecule has 0 saturated carbocycles. The van der Waals surface area contributed by atoms with Crippen LogP contribution in [0.4, 0.5) is 0 Å². The highest BCUT2D eigenvalue weighted by atomic mass is 16.5. The number of carbonyl (C=O) groups excluding carboxylic acids is 1. The zero-order valence-corrected chi connectivity index (χ0v) is 62.6. The van der Waals surface area contributed by atoms with Gasteiger partial charge in [0.2, 0.25) is 0 Å². The van der Waals surface area contributed by atoms with Crippen LogP contribution in [0, 0.1) is 33.1 Å². The summed E-state index contributed by atoms with van der Waals surface area (Å²) in [5.74, 6) is 0.716. The summed E-state index contributed by atoms with van der Waals surface area (Å²) in [4.78, 5) is 53.4. The van der Waals surface area contributed by atoms with Crippen LogP contribution < -0.4 is 5.32 Å². The molecule has 0 saturated heterocycles. The molecule has 4 aliphatic rings. The number of Topliss-reactive ketones (excluding diaryl/α,β-unsaturated/α-hetero) is 1. The van der Waals surface area contributed by atoms with Crippen LogP contribution in [0.5, 0.6) is 0 Å². The number of H-pyrrole nitrogens is 4. The Morgan fingerprint density at radius 1 is 0.606 bits per heavy atom. The number of fused-ring (bicyclic) bond motifs is 16. The molecule has 518 valence electrons. The van der Waals surface area contributed by atoms with Crippen molar-refractivity contribution in [2.75, 3.05) is 13.7 Å². The molecule has 99 heavy (non-hydrogen) atoms. The second kappa shape index (κ2) is 29.8. The summed E-state index contributed by atoms with van der Waals surface area (Å²) in [5.41, 5.74) is 36.5. The van der Waals surface area contributed by atoms with E-state index in [1.165, 1.54) is 11.1 Å². The van der Waals surface area contributed by atoms with Crippen molar-refractivity contribution in [2.24, 2.45) is 5.41 Å². The van der Waals surface area contributed by atoms with Crippen molar-refractivity contribution in [1.29, 1.82) is 0 Å². The molecule has 0 amide bonds. The van der Waals surface area contributed by atoms with Gasteiger partial charge >= 0.3 is 0 Å². The van der Waals surface area contributed by atoms with E-state index in [-0.39, 0.29) is 35.4 Å². The van der Waals surface area contributed by atoms with Crippen LogP contribution in [0.3, 0.4) is 0 Å². The monoisotopic (exact) mass is 1320 g/mol. The number of aryl methyl sites for hydroxylation is 5. The summed E-state index contributed by atoms with van der Waals surface area (Å²) in [6.45, 7) is 69.6. The van der Waals surface area contributed by atoms with Crippen molar-refractivity contribution >= 4 is 95.6 Å². The summed E-state index contributed by atoms with van der Waals surface area (Å²) >= 11 is 0.